The Morgan fingerprint density at radius 2 is 2.16 bits per heavy atom. The molecule has 0 aromatic rings. The normalized spacial score (nSPS) is 35.2. The maximum Gasteiger partial charge on any atom is 0.222 e. The first kappa shape index (κ1) is 13.4. The van der Waals surface area contributed by atoms with Crippen LogP contribution in [0.1, 0.15) is 51.4 Å². The minimum Gasteiger partial charge on any atom is -0.378 e. The van der Waals surface area contributed by atoms with Crippen LogP contribution in [0.25, 0.3) is 0 Å². The molecule has 1 N–H and O–H groups in total. The Labute approximate surface area is 115 Å². The monoisotopic (exact) mass is 266 g/mol. The van der Waals surface area contributed by atoms with Crippen LogP contribution in [0, 0.1) is 0 Å². The zero-order valence-corrected chi connectivity index (χ0v) is 11.8. The number of nitrogens with one attached hydrogen (secondary N) is 1. The second kappa shape index (κ2) is 6.23. The number of hydrogen-bond acceptors (Lipinski definition) is 3. The van der Waals surface area contributed by atoms with Crippen LogP contribution in [0.5, 0.6) is 0 Å². The minimum atomic E-state index is 0.342. The summed E-state index contributed by atoms with van der Waals surface area (Å²) in [5.74, 6) is 0.353. The van der Waals surface area contributed by atoms with Crippen LogP contribution in [0.2, 0.25) is 0 Å². The Balaban J connectivity index is 1.49. The van der Waals surface area contributed by atoms with Crippen molar-refractivity contribution in [2.24, 2.45) is 0 Å². The van der Waals surface area contributed by atoms with Crippen molar-refractivity contribution in [2.75, 3.05) is 19.7 Å². The van der Waals surface area contributed by atoms with Crippen LogP contribution in [-0.4, -0.2) is 48.7 Å². The number of carbonyl (C=O) groups excluding carboxylic acids is 1. The largest absolute Gasteiger partial charge is 0.378 e. The van der Waals surface area contributed by atoms with Gasteiger partial charge >= 0.3 is 0 Å². The topological polar surface area (TPSA) is 41.6 Å². The summed E-state index contributed by atoms with van der Waals surface area (Å²) < 4.78 is 5.61. The average Bonchev–Trinajstić information content (AvgIpc) is 3.14. The van der Waals surface area contributed by atoms with E-state index < -0.39 is 0 Å². The Kier molecular flexibility index (Phi) is 4.38. The molecule has 1 amide bonds. The summed E-state index contributed by atoms with van der Waals surface area (Å²) in [4.78, 5) is 14.6. The third-order valence-corrected chi connectivity index (χ3v) is 4.89. The van der Waals surface area contributed by atoms with E-state index >= 15 is 0 Å². The van der Waals surface area contributed by atoms with E-state index in [1.807, 2.05) is 0 Å². The highest BCUT2D eigenvalue weighted by Gasteiger charge is 2.35. The van der Waals surface area contributed by atoms with Crippen molar-refractivity contribution in [2.45, 2.75) is 69.6 Å². The Morgan fingerprint density at radius 3 is 2.89 bits per heavy atom. The third kappa shape index (κ3) is 3.11. The quantitative estimate of drug-likeness (QED) is 0.842. The Hall–Kier alpha value is -0.610. The second-order valence-electron chi connectivity index (χ2n) is 6.17. The number of amides is 1. The molecule has 0 aromatic heterocycles. The van der Waals surface area contributed by atoms with Gasteiger partial charge in [-0.2, -0.15) is 0 Å². The molecule has 4 heteroatoms. The van der Waals surface area contributed by atoms with E-state index in [2.05, 4.69) is 10.2 Å². The van der Waals surface area contributed by atoms with Gasteiger partial charge < -0.3 is 15.0 Å². The first-order valence-corrected chi connectivity index (χ1v) is 7.99. The van der Waals surface area contributed by atoms with Crippen LogP contribution in [0.3, 0.4) is 0 Å². The summed E-state index contributed by atoms with van der Waals surface area (Å²) in [6, 6.07) is 1.01. The Bertz CT molecular complexity index is 309. The van der Waals surface area contributed by atoms with Crippen LogP contribution in [0.15, 0.2) is 0 Å². The molecule has 3 atom stereocenters. The van der Waals surface area contributed by atoms with E-state index in [1.165, 1.54) is 25.7 Å². The lowest BCUT2D eigenvalue weighted by Gasteiger charge is -2.30. The van der Waals surface area contributed by atoms with Gasteiger partial charge in [0.25, 0.3) is 0 Å². The van der Waals surface area contributed by atoms with Gasteiger partial charge in [0.1, 0.15) is 0 Å². The molecule has 0 radical (unpaired) electrons. The van der Waals surface area contributed by atoms with Gasteiger partial charge in [-0.1, -0.05) is 0 Å². The fraction of sp³-hybridized carbons (Fsp3) is 0.933. The van der Waals surface area contributed by atoms with E-state index in [9.17, 15) is 4.79 Å². The van der Waals surface area contributed by atoms with Crippen molar-refractivity contribution < 1.29 is 9.53 Å². The summed E-state index contributed by atoms with van der Waals surface area (Å²) in [5.41, 5.74) is 0. The lowest BCUT2D eigenvalue weighted by atomic mass is 10.0. The molecule has 0 aliphatic carbocycles. The fourth-order valence-electron chi connectivity index (χ4n) is 3.86. The highest BCUT2D eigenvalue weighted by molar-refractivity contribution is 5.77. The van der Waals surface area contributed by atoms with E-state index in [0.717, 1.165) is 39.0 Å². The molecule has 3 aliphatic heterocycles. The maximum atomic E-state index is 12.4. The predicted octanol–water partition coefficient (Wildman–Crippen LogP) is 1.69. The highest BCUT2D eigenvalue weighted by atomic mass is 16.5. The van der Waals surface area contributed by atoms with Crippen molar-refractivity contribution in [3.8, 4) is 0 Å². The summed E-state index contributed by atoms with van der Waals surface area (Å²) in [5, 5.41) is 3.56. The molecule has 3 saturated heterocycles. The summed E-state index contributed by atoms with van der Waals surface area (Å²) in [6.07, 6.45) is 9.10. The molecule has 0 bridgehead atoms. The van der Waals surface area contributed by atoms with Gasteiger partial charge in [-0.05, 0) is 51.5 Å². The second-order valence-corrected chi connectivity index (χ2v) is 6.17. The van der Waals surface area contributed by atoms with Gasteiger partial charge in [-0.3, -0.25) is 4.79 Å². The lowest BCUT2D eigenvalue weighted by molar-refractivity contribution is -0.133. The summed E-state index contributed by atoms with van der Waals surface area (Å²) >= 11 is 0. The Morgan fingerprint density at radius 1 is 1.21 bits per heavy atom. The molecule has 0 aromatic carbocycles. The molecule has 0 spiro atoms. The molecular weight excluding hydrogens is 240 g/mol. The minimum absolute atomic E-state index is 0.342. The zero-order valence-electron chi connectivity index (χ0n) is 11.8. The van der Waals surface area contributed by atoms with Gasteiger partial charge in [0.2, 0.25) is 5.91 Å². The first-order chi connectivity index (χ1) is 9.34. The number of ether oxygens (including phenoxy) is 1. The molecule has 3 rings (SSSR count). The van der Waals surface area contributed by atoms with Crippen molar-refractivity contribution in [3.05, 3.63) is 0 Å². The molecule has 19 heavy (non-hydrogen) atoms. The van der Waals surface area contributed by atoms with Gasteiger partial charge in [-0.15, -0.1) is 0 Å². The van der Waals surface area contributed by atoms with Crippen molar-refractivity contribution >= 4 is 5.91 Å². The SMILES string of the molecule is O=C(CCC1CCCO1)N1CCCC1C1CCCN1. The third-order valence-electron chi connectivity index (χ3n) is 4.89. The molecular formula is C15H26N2O2. The molecule has 3 heterocycles. The predicted molar refractivity (Wildman–Crippen MR) is 74.0 cm³/mol. The van der Waals surface area contributed by atoms with Gasteiger partial charge in [-0.25, -0.2) is 0 Å². The van der Waals surface area contributed by atoms with Crippen LogP contribution in [-0.2, 0) is 9.53 Å². The first-order valence-electron chi connectivity index (χ1n) is 7.99. The molecule has 4 nitrogen and oxygen atoms in total. The van der Waals surface area contributed by atoms with Crippen molar-refractivity contribution in [1.29, 1.82) is 0 Å². The van der Waals surface area contributed by atoms with E-state index in [1.54, 1.807) is 0 Å². The summed E-state index contributed by atoms with van der Waals surface area (Å²) in [7, 11) is 0. The number of rotatable bonds is 4. The molecule has 108 valence electrons. The van der Waals surface area contributed by atoms with Crippen molar-refractivity contribution in [1.82, 2.24) is 10.2 Å². The molecule has 0 saturated carbocycles. The van der Waals surface area contributed by atoms with E-state index in [0.29, 0.717) is 30.5 Å². The summed E-state index contributed by atoms with van der Waals surface area (Å²) in [6.45, 7) is 2.98. The van der Waals surface area contributed by atoms with Crippen LogP contribution >= 0.6 is 0 Å². The van der Waals surface area contributed by atoms with Crippen LogP contribution < -0.4 is 5.32 Å². The van der Waals surface area contributed by atoms with Gasteiger partial charge in [0, 0.05) is 31.7 Å². The lowest BCUT2D eigenvalue weighted by Crippen LogP contribution is -2.46. The maximum absolute atomic E-state index is 12.4. The zero-order chi connectivity index (χ0) is 13.1. The van der Waals surface area contributed by atoms with E-state index in [-0.39, 0.29) is 0 Å². The number of likely N-dealkylation sites (tertiary alicyclic amines) is 1. The number of carbonyl (C=O) groups is 1. The molecule has 3 unspecified atom stereocenters. The number of nitrogens with zero attached hydrogens (tertiary/aromatic N) is 1. The number of hydrogen-bond donors (Lipinski definition) is 1. The standard InChI is InChI=1S/C15H26N2O2/c18-15(8-7-12-4-3-11-19-12)17-10-2-6-14(17)13-5-1-9-16-13/h12-14,16H,1-11H2. The van der Waals surface area contributed by atoms with Gasteiger partial charge in [0.15, 0.2) is 0 Å². The average molecular weight is 266 g/mol. The smallest absolute Gasteiger partial charge is 0.222 e. The molecule has 3 fully saturated rings. The van der Waals surface area contributed by atoms with Crippen molar-refractivity contribution in [3.63, 3.8) is 0 Å². The van der Waals surface area contributed by atoms with Gasteiger partial charge in [0.05, 0.1) is 6.10 Å². The molecule has 3 aliphatic rings. The highest BCUT2D eigenvalue weighted by Crippen LogP contribution is 2.26. The fourth-order valence-corrected chi connectivity index (χ4v) is 3.86. The van der Waals surface area contributed by atoms with E-state index in [4.69, 9.17) is 4.74 Å². The van der Waals surface area contributed by atoms with Crippen LogP contribution in [0.4, 0.5) is 0 Å².